The largest absolute Gasteiger partial charge is 0.489 e. The highest BCUT2D eigenvalue weighted by atomic mass is 16.5. The van der Waals surface area contributed by atoms with Crippen LogP contribution < -0.4 is 10.5 Å². The van der Waals surface area contributed by atoms with Crippen molar-refractivity contribution in [2.24, 2.45) is 11.7 Å². The monoisotopic (exact) mass is 339 g/mol. The van der Waals surface area contributed by atoms with Gasteiger partial charge in [0, 0.05) is 36.6 Å². The van der Waals surface area contributed by atoms with Crippen LogP contribution in [-0.2, 0) is 11.4 Å². The van der Waals surface area contributed by atoms with Crippen LogP contribution in [0.2, 0.25) is 0 Å². The number of carbonyl (C=O) groups excluding carboxylic acids is 2. The highest BCUT2D eigenvalue weighted by Crippen LogP contribution is 2.21. The second-order valence-corrected chi connectivity index (χ2v) is 6.17. The zero-order chi connectivity index (χ0) is 17.6. The van der Waals surface area contributed by atoms with E-state index in [4.69, 9.17) is 10.5 Å². The van der Waals surface area contributed by atoms with Crippen molar-refractivity contribution in [2.45, 2.75) is 19.4 Å². The van der Waals surface area contributed by atoms with Gasteiger partial charge in [-0.25, -0.2) is 0 Å². The molecular formula is C19H21N3O3. The number of piperidine rings is 1. The second-order valence-electron chi connectivity index (χ2n) is 6.17. The molecule has 2 amide bonds. The third kappa shape index (κ3) is 4.35. The first-order valence-electron chi connectivity index (χ1n) is 8.34. The molecule has 25 heavy (non-hydrogen) atoms. The molecular weight excluding hydrogens is 318 g/mol. The maximum Gasteiger partial charge on any atom is 0.254 e. The van der Waals surface area contributed by atoms with Crippen LogP contribution in [0, 0.1) is 5.92 Å². The number of aromatic nitrogens is 1. The summed E-state index contributed by atoms with van der Waals surface area (Å²) in [6.07, 6.45) is 4.98. The lowest BCUT2D eigenvalue weighted by Crippen LogP contribution is -2.44. The van der Waals surface area contributed by atoms with Gasteiger partial charge in [0.2, 0.25) is 5.91 Å². The van der Waals surface area contributed by atoms with Gasteiger partial charge in [0.05, 0.1) is 5.92 Å². The maximum atomic E-state index is 12.7. The molecule has 2 heterocycles. The first-order chi connectivity index (χ1) is 12.1. The minimum absolute atomic E-state index is 0.0993. The molecule has 1 atom stereocenters. The molecule has 0 aliphatic carbocycles. The number of nitrogens with two attached hydrogens (primary N) is 1. The number of amides is 2. The van der Waals surface area contributed by atoms with Crippen LogP contribution in [0.5, 0.6) is 5.75 Å². The van der Waals surface area contributed by atoms with Gasteiger partial charge in [0.1, 0.15) is 12.4 Å². The van der Waals surface area contributed by atoms with Crippen molar-refractivity contribution >= 4 is 11.8 Å². The van der Waals surface area contributed by atoms with Gasteiger partial charge < -0.3 is 15.4 Å². The van der Waals surface area contributed by atoms with E-state index in [0.717, 1.165) is 18.4 Å². The topological polar surface area (TPSA) is 85.5 Å². The quantitative estimate of drug-likeness (QED) is 0.903. The Morgan fingerprint density at radius 3 is 2.92 bits per heavy atom. The molecule has 1 aromatic heterocycles. The van der Waals surface area contributed by atoms with Crippen LogP contribution in [0.3, 0.4) is 0 Å². The van der Waals surface area contributed by atoms with E-state index in [9.17, 15) is 9.59 Å². The second kappa shape index (κ2) is 7.79. The van der Waals surface area contributed by atoms with Crippen molar-refractivity contribution in [1.82, 2.24) is 9.88 Å². The summed E-state index contributed by atoms with van der Waals surface area (Å²) in [5.74, 6) is -0.0790. The molecule has 130 valence electrons. The smallest absolute Gasteiger partial charge is 0.254 e. The number of benzene rings is 1. The lowest BCUT2D eigenvalue weighted by molar-refractivity contribution is -0.123. The Hall–Kier alpha value is -2.89. The minimum atomic E-state index is -0.342. The normalized spacial score (nSPS) is 17.1. The lowest BCUT2D eigenvalue weighted by atomic mass is 9.97. The van der Waals surface area contributed by atoms with Crippen molar-refractivity contribution in [3.8, 4) is 5.75 Å². The summed E-state index contributed by atoms with van der Waals surface area (Å²) >= 11 is 0. The van der Waals surface area contributed by atoms with E-state index in [0.29, 0.717) is 31.0 Å². The van der Waals surface area contributed by atoms with Gasteiger partial charge >= 0.3 is 0 Å². The van der Waals surface area contributed by atoms with Crippen LogP contribution in [-0.4, -0.2) is 34.8 Å². The highest BCUT2D eigenvalue weighted by molar-refractivity contribution is 5.95. The van der Waals surface area contributed by atoms with Gasteiger partial charge in [-0.3, -0.25) is 14.6 Å². The van der Waals surface area contributed by atoms with Gasteiger partial charge in [0.25, 0.3) is 5.91 Å². The molecule has 0 unspecified atom stereocenters. The molecule has 2 aromatic rings. The highest BCUT2D eigenvalue weighted by Gasteiger charge is 2.27. The summed E-state index contributed by atoms with van der Waals surface area (Å²) in [6, 6.07) is 10.9. The molecule has 0 bridgehead atoms. The fraction of sp³-hybridized carbons (Fsp3) is 0.316. The van der Waals surface area contributed by atoms with E-state index in [1.807, 2.05) is 18.2 Å². The van der Waals surface area contributed by atoms with Crippen molar-refractivity contribution in [3.05, 3.63) is 59.9 Å². The average molecular weight is 339 g/mol. The SMILES string of the molecule is NC(=O)[C@@H]1CCCN(C(=O)c2cccc(OCc3cccnc3)c2)C1. The summed E-state index contributed by atoms with van der Waals surface area (Å²) in [6.45, 7) is 1.41. The fourth-order valence-corrected chi connectivity index (χ4v) is 2.95. The summed E-state index contributed by atoms with van der Waals surface area (Å²) in [7, 11) is 0. The van der Waals surface area contributed by atoms with E-state index < -0.39 is 0 Å². The van der Waals surface area contributed by atoms with Crippen molar-refractivity contribution in [3.63, 3.8) is 0 Å². The van der Waals surface area contributed by atoms with Crippen LogP contribution in [0.4, 0.5) is 0 Å². The summed E-state index contributed by atoms with van der Waals surface area (Å²) < 4.78 is 5.74. The summed E-state index contributed by atoms with van der Waals surface area (Å²) in [5, 5.41) is 0. The average Bonchev–Trinajstić information content (AvgIpc) is 2.67. The van der Waals surface area contributed by atoms with Gasteiger partial charge in [-0.15, -0.1) is 0 Å². The number of nitrogens with zero attached hydrogens (tertiary/aromatic N) is 2. The molecule has 1 aromatic carbocycles. The molecule has 0 spiro atoms. The van der Waals surface area contributed by atoms with E-state index in [1.54, 1.807) is 35.5 Å². The zero-order valence-corrected chi connectivity index (χ0v) is 13.9. The Labute approximate surface area is 146 Å². The Kier molecular flexibility index (Phi) is 5.28. The Bertz CT molecular complexity index is 749. The maximum absolute atomic E-state index is 12.7. The first-order valence-corrected chi connectivity index (χ1v) is 8.34. The molecule has 0 saturated carbocycles. The summed E-state index contributed by atoms with van der Waals surface area (Å²) in [4.78, 5) is 29.8. The molecule has 6 nitrogen and oxygen atoms in total. The Balaban J connectivity index is 1.66. The number of likely N-dealkylation sites (tertiary alicyclic amines) is 1. The predicted octanol–water partition coefficient (Wildman–Crippen LogP) is 2.00. The van der Waals surface area contributed by atoms with E-state index in [-0.39, 0.29) is 17.7 Å². The summed E-state index contributed by atoms with van der Waals surface area (Å²) in [5.41, 5.74) is 6.89. The van der Waals surface area contributed by atoms with E-state index in [2.05, 4.69) is 4.98 Å². The van der Waals surface area contributed by atoms with E-state index >= 15 is 0 Å². The van der Waals surface area contributed by atoms with E-state index in [1.165, 1.54) is 0 Å². The molecule has 1 aliphatic heterocycles. The van der Waals surface area contributed by atoms with Gasteiger partial charge in [-0.2, -0.15) is 0 Å². The molecule has 0 radical (unpaired) electrons. The van der Waals surface area contributed by atoms with Crippen LogP contribution in [0.1, 0.15) is 28.8 Å². The van der Waals surface area contributed by atoms with Gasteiger partial charge in [-0.05, 0) is 37.1 Å². The zero-order valence-electron chi connectivity index (χ0n) is 13.9. The molecule has 6 heteroatoms. The predicted molar refractivity (Wildman–Crippen MR) is 92.8 cm³/mol. The Morgan fingerprint density at radius 2 is 2.16 bits per heavy atom. The van der Waals surface area contributed by atoms with Crippen LogP contribution in [0.25, 0.3) is 0 Å². The third-order valence-electron chi connectivity index (χ3n) is 4.32. The Morgan fingerprint density at radius 1 is 1.28 bits per heavy atom. The fourth-order valence-electron chi connectivity index (χ4n) is 2.95. The third-order valence-corrected chi connectivity index (χ3v) is 4.32. The number of hydrogen-bond acceptors (Lipinski definition) is 4. The van der Waals surface area contributed by atoms with Crippen molar-refractivity contribution in [1.29, 1.82) is 0 Å². The minimum Gasteiger partial charge on any atom is -0.489 e. The molecule has 3 rings (SSSR count). The number of ether oxygens (including phenoxy) is 1. The number of rotatable bonds is 5. The number of carbonyl (C=O) groups is 2. The van der Waals surface area contributed by atoms with Crippen LogP contribution in [0.15, 0.2) is 48.8 Å². The molecule has 1 aliphatic rings. The molecule has 1 saturated heterocycles. The molecule has 1 fully saturated rings. The van der Waals surface area contributed by atoms with Gasteiger partial charge in [-0.1, -0.05) is 12.1 Å². The number of hydrogen-bond donors (Lipinski definition) is 1. The number of pyridine rings is 1. The number of primary amides is 1. The van der Waals surface area contributed by atoms with Crippen molar-refractivity contribution < 1.29 is 14.3 Å². The van der Waals surface area contributed by atoms with Crippen LogP contribution >= 0.6 is 0 Å². The standard InChI is InChI=1S/C19H21N3O3/c20-18(23)16-6-3-9-22(12-16)19(24)15-5-1-7-17(10-15)25-13-14-4-2-8-21-11-14/h1-2,4-5,7-8,10-11,16H,3,6,9,12-13H2,(H2,20,23)/t16-/m1/s1. The van der Waals surface area contributed by atoms with Crippen molar-refractivity contribution in [2.75, 3.05) is 13.1 Å². The first kappa shape index (κ1) is 17.0. The lowest BCUT2D eigenvalue weighted by Gasteiger charge is -2.31. The molecule has 2 N–H and O–H groups in total. The van der Waals surface area contributed by atoms with Gasteiger partial charge in [0.15, 0.2) is 0 Å².